The summed E-state index contributed by atoms with van der Waals surface area (Å²) in [5.74, 6) is -0.732. The van der Waals surface area contributed by atoms with E-state index in [1.165, 1.54) is 0 Å². The fourth-order valence-electron chi connectivity index (χ4n) is 3.33. The highest BCUT2D eigenvalue weighted by Crippen LogP contribution is 2.08. The van der Waals surface area contributed by atoms with Crippen LogP contribution in [0.3, 0.4) is 0 Å². The van der Waals surface area contributed by atoms with Crippen LogP contribution in [0.2, 0.25) is 0 Å². The SMILES string of the molecule is C=CC(=O)OCCOCCOCCOCCOCCOCCOCCOCCOCCOCCOCCOCCOCCC(=O)OC(C)(C)C. The number of hydrogen-bond donors (Lipinski definition) is 0. The summed E-state index contributed by atoms with van der Waals surface area (Å²) in [5, 5.41) is 0. The lowest BCUT2D eigenvalue weighted by atomic mass is 10.2. The monoisotopic (exact) mass is 728 g/mol. The minimum Gasteiger partial charge on any atom is -0.460 e. The van der Waals surface area contributed by atoms with Crippen LogP contribution in [-0.2, 0) is 75.9 Å². The normalized spacial score (nSPS) is 11.6. The van der Waals surface area contributed by atoms with Crippen molar-refractivity contribution in [1.82, 2.24) is 0 Å². The number of ether oxygens (including phenoxy) is 14. The molecule has 296 valence electrons. The van der Waals surface area contributed by atoms with Crippen molar-refractivity contribution in [3.05, 3.63) is 12.7 Å². The van der Waals surface area contributed by atoms with Gasteiger partial charge in [0.05, 0.1) is 165 Å². The van der Waals surface area contributed by atoms with E-state index >= 15 is 0 Å². The molecule has 0 saturated carbocycles. The van der Waals surface area contributed by atoms with Gasteiger partial charge in [0.25, 0.3) is 0 Å². The summed E-state index contributed by atoms with van der Waals surface area (Å²) < 4.78 is 75.1. The maximum Gasteiger partial charge on any atom is 0.330 e. The Morgan fingerprint density at radius 2 is 0.620 bits per heavy atom. The molecule has 0 aromatic rings. The summed E-state index contributed by atoms with van der Waals surface area (Å²) in [7, 11) is 0. The first-order valence-corrected chi connectivity index (χ1v) is 17.3. The Bertz CT molecular complexity index is 749. The summed E-state index contributed by atoms with van der Waals surface area (Å²) in [6.07, 6.45) is 1.34. The quantitative estimate of drug-likeness (QED) is 0.0508. The third-order valence-electron chi connectivity index (χ3n) is 5.60. The van der Waals surface area contributed by atoms with E-state index in [1.54, 1.807) is 0 Å². The van der Waals surface area contributed by atoms with Gasteiger partial charge in [0.2, 0.25) is 0 Å². The van der Waals surface area contributed by atoms with Crippen LogP contribution in [-0.4, -0.2) is 183 Å². The highest BCUT2D eigenvalue weighted by atomic mass is 16.6. The Morgan fingerprint density at radius 1 is 0.400 bits per heavy atom. The second-order valence-corrected chi connectivity index (χ2v) is 11.1. The average molecular weight is 729 g/mol. The van der Waals surface area contributed by atoms with Crippen molar-refractivity contribution in [2.24, 2.45) is 0 Å². The van der Waals surface area contributed by atoms with Crippen LogP contribution < -0.4 is 0 Å². The van der Waals surface area contributed by atoms with Crippen LogP contribution in [0.4, 0.5) is 0 Å². The topological polar surface area (TPSA) is 163 Å². The van der Waals surface area contributed by atoms with Gasteiger partial charge in [0.15, 0.2) is 0 Å². The standard InChI is InChI=1S/C34H64O16/c1-5-32(35)49-31-30-48-29-28-47-27-26-46-25-24-45-23-22-44-21-20-43-19-18-42-17-16-41-15-14-40-13-12-39-11-10-38-9-8-37-7-6-33(36)50-34(2,3)4/h5H,1,6-31H2,2-4H3. The fraction of sp³-hybridized carbons (Fsp3) is 0.882. The Labute approximate surface area is 298 Å². The maximum absolute atomic E-state index is 11.6. The lowest BCUT2D eigenvalue weighted by Gasteiger charge is -2.19. The third kappa shape index (κ3) is 42.4. The predicted octanol–water partition coefficient (Wildman–Crippen LogP) is 1.65. The first kappa shape index (κ1) is 48.2. The molecular weight excluding hydrogens is 664 g/mol. The molecule has 0 aliphatic carbocycles. The summed E-state index contributed by atoms with van der Waals surface area (Å²) >= 11 is 0. The first-order valence-electron chi connectivity index (χ1n) is 17.3. The molecular formula is C34H64O16. The Kier molecular flexibility index (Phi) is 37.0. The molecule has 0 amide bonds. The van der Waals surface area contributed by atoms with Crippen molar-refractivity contribution < 1.29 is 75.9 Å². The molecule has 0 bridgehead atoms. The van der Waals surface area contributed by atoms with E-state index in [1.807, 2.05) is 20.8 Å². The van der Waals surface area contributed by atoms with Gasteiger partial charge in [-0.2, -0.15) is 0 Å². The molecule has 0 aromatic carbocycles. The Balaban J connectivity index is 3.10. The van der Waals surface area contributed by atoms with E-state index in [4.69, 9.17) is 66.3 Å². The van der Waals surface area contributed by atoms with E-state index in [2.05, 4.69) is 6.58 Å². The Morgan fingerprint density at radius 3 is 0.840 bits per heavy atom. The summed E-state index contributed by atoms with van der Waals surface area (Å²) in [6.45, 7) is 20.0. The smallest absolute Gasteiger partial charge is 0.330 e. The molecule has 0 rings (SSSR count). The van der Waals surface area contributed by atoms with E-state index < -0.39 is 11.6 Å². The van der Waals surface area contributed by atoms with Gasteiger partial charge in [0.1, 0.15) is 12.2 Å². The number of esters is 2. The van der Waals surface area contributed by atoms with Crippen LogP contribution in [0.1, 0.15) is 27.2 Å². The molecule has 0 atom stereocenters. The molecule has 0 aliphatic heterocycles. The highest BCUT2D eigenvalue weighted by molar-refractivity contribution is 5.81. The van der Waals surface area contributed by atoms with E-state index in [9.17, 15) is 9.59 Å². The summed E-state index contributed by atoms with van der Waals surface area (Å²) in [5.41, 5.74) is -0.478. The van der Waals surface area contributed by atoms with E-state index in [0.717, 1.165) is 6.08 Å². The Hall–Kier alpha value is -1.80. The lowest BCUT2D eigenvalue weighted by Crippen LogP contribution is -2.24. The zero-order chi connectivity index (χ0) is 36.6. The van der Waals surface area contributed by atoms with Crippen LogP contribution >= 0.6 is 0 Å². The summed E-state index contributed by atoms with van der Waals surface area (Å²) in [6, 6.07) is 0. The van der Waals surface area contributed by atoms with Gasteiger partial charge in [-0.3, -0.25) is 4.79 Å². The molecule has 0 radical (unpaired) electrons. The molecule has 16 nitrogen and oxygen atoms in total. The molecule has 0 unspecified atom stereocenters. The second-order valence-electron chi connectivity index (χ2n) is 11.1. The van der Waals surface area contributed by atoms with Crippen LogP contribution in [0.15, 0.2) is 12.7 Å². The number of carbonyl (C=O) groups excluding carboxylic acids is 2. The van der Waals surface area contributed by atoms with Gasteiger partial charge >= 0.3 is 11.9 Å². The largest absolute Gasteiger partial charge is 0.460 e. The highest BCUT2D eigenvalue weighted by Gasteiger charge is 2.15. The van der Waals surface area contributed by atoms with Gasteiger partial charge in [-0.25, -0.2) is 4.79 Å². The van der Waals surface area contributed by atoms with Gasteiger partial charge in [-0.1, -0.05) is 6.58 Å². The van der Waals surface area contributed by atoms with Crippen molar-refractivity contribution >= 4 is 11.9 Å². The number of carbonyl (C=O) groups is 2. The number of hydrogen-bond acceptors (Lipinski definition) is 16. The maximum atomic E-state index is 11.6. The summed E-state index contributed by atoms with van der Waals surface area (Å²) in [4.78, 5) is 22.4. The fourth-order valence-corrected chi connectivity index (χ4v) is 3.33. The van der Waals surface area contributed by atoms with Crippen molar-refractivity contribution in [3.63, 3.8) is 0 Å². The van der Waals surface area contributed by atoms with Crippen molar-refractivity contribution in [1.29, 1.82) is 0 Å². The zero-order valence-electron chi connectivity index (χ0n) is 30.7. The van der Waals surface area contributed by atoms with Gasteiger partial charge in [0, 0.05) is 6.08 Å². The van der Waals surface area contributed by atoms with E-state index in [0.29, 0.717) is 159 Å². The van der Waals surface area contributed by atoms with Gasteiger partial charge < -0.3 is 66.3 Å². The van der Waals surface area contributed by atoms with Gasteiger partial charge in [-0.15, -0.1) is 0 Å². The molecule has 0 aliphatic rings. The molecule has 0 aromatic heterocycles. The molecule has 50 heavy (non-hydrogen) atoms. The van der Waals surface area contributed by atoms with Crippen molar-refractivity contribution in [2.45, 2.75) is 32.8 Å². The van der Waals surface area contributed by atoms with Crippen molar-refractivity contribution in [2.75, 3.05) is 165 Å². The minimum absolute atomic E-state index is 0.193. The number of rotatable bonds is 40. The molecule has 0 saturated heterocycles. The second kappa shape index (κ2) is 38.4. The average Bonchev–Trinajstić information content (AvgIpc) is 3.08. The lowest BCUT2D eigenvalue weighted by molar-refractivity contribution is -0.156. The molecule has 0 N–H and O–H groups in total. The minimum atomic E-state index is -0.478. The zero-order valence-corrected chi connectivity index (χ0v) is 30.7. The molecule has 0 spiro atoms. The first-order chi connectivity index (χ1) is 24.3. The van der Waals surface area contributed by atoms with Crippen LogP contribution in [0, 0.1) is 0 Å². The van der Waals surface area contributed by atoms with Crippen LogP contribution in [0.25, 0.3) is 0 Å². The van der Waals surface area contributed by atoms with Crippen LogP contribution in [0.5, 0.6) is 0 Å². The van der Waals surface area contributed by atoms with Gasteiger partial charge in [-0.05, 0) is 20.8 Å². The third-order valence-corrected chi connectivity index (χ3v) is 5.60. The van der Waals surface area contributed by atoms with E-state index in [-0.39, 0.29) is 19.0 Å². The molecule has 0 fully saturated rings. The predicted molar refractivity (Wildman–Crippen MR) is 181 cm³/mol. The molecule has 16 heteroatoms. The molecule has 0 heterocycles. The van der Waals surface area contributed by atoms with Crippen molar-refractivity contribution in [3.8, 4) is 0 Å².